The Morgan fingerprint density at radius 3 is 2.58 bits per heavy atom. The summed E-state index contributed by atoms with van der Waals surface area (Å²) in [6, 6.07) is 17.5. The first kappa shape index (κ1) is 19.2. The van der Waals surface area contributed by atoms with Crippen molar-refractivity contribution >= 4 is 11.6 Å². The first-order valence-electron chi connectivity index (χ1n) is 10.6. The Balaban J connectivity index is 1.53. The third kappa shape index (κ3) is 3.74. The minimum Gasteiger partial charge on any atom is -0.339 e. The van der Waals surface area contributed by atoms with Gasteiger partial charge < -0.3 is 9.84 Å². The molecule has 1 aliphatic rings. The summed E-state index contributed by atoms with van der Waals surface area (Å²) in [7, 11) is 0. The minimum absolute atomic E-state index is 0.222. The van der Waals surface area contributed by atoms with E-state index in [1.807, 2.05) is 59.3 Å². The Morgan fingerprint density at radius 2 is 1.77 bits per heavy atom. The van der Waals surface area contributed by atoms with Gasteiger partial charge in [0.1, 0.15) is 0 Å². The van der Waals surface area contributed by atoms with E-state index in [9.17, 15) is 4.79 Å². The van der Waals surface area contributed by atoms with Crippen LogP contribution in [0.4, 0.5) is 5.69 Å². The van der Waals surface area contributed by atoms with Gasteiger partial charge in [-0.3, -0.25) is 4.79 Å². The zero-order valence-corrected chi connectivity index (χ0v) is 17.3. The van der Waals surface area contributed by atoms with E-state index >= 15 is 0 Å². The lowest BCUT2D eigenvalue weighted by atomic mass is 10.1. The SMILES string of the molecule is Cc1nc(-c2ccccc2NC(=O)c2nn(-c3ccccc3)c3c2CCCCC3)no1. The molecule has 31 heavy (non-hydrogen) atoms. The second-order valence-electron chi connectivity index (χ2n) is 7.72. The molecule has 4 aromatic rings. The number of carbonyl (C=O) groups is 1. The number of aryl methyl sites for hydroxylation is 1. The molecule has 0 saturated carbocycles. The molecule has 7 nitrogen and oxygen atoms in total. The highest BCUT2D eigenvalue weighted by Crippen LogP contribution is 2.29. The van der Waals surface area contributed by atoms with Crippen LogP contribution in [0.1, 0.15) is 46.9 Å². The summed E-state index contributed by atoms with van der Waals surface area (Å²) in [6.07, 6.45) is 5.10. The maximum Gasteiger partial charge on any atom is 0.276 e. The number of hydrogen-bond donors (Lipinski definition) is 1. The lowest BCUT2D eigenvalue weighted by Gasteiger charge is -2.08. The van der Waals surface area contributed by atoms with Crippen LogP contribution < -0.4 is 5.32 Å². The Bertz CT molecular complexity index is 1230. The van der Waals surface area contributed by atoms with Crippen LogP contribution in [0.15, 0.2) is 59.1 Å². The zero-order valence-electron chi connectivity index (χ0n) is 17.3. The molecular formula is C24H23N5O2. The fourth-order valence-electron chi connectivity index (χ4n) is 4.12. The highest BCUT2D eigenvalue weighted by molar-refractivity contribution is 6.06. The van der Waals surface area contributed by atoms with Crippen LogP contribution in [0.3, 0.4) is 0 Å². The van der Waals surface area contributed by atoms with E-state index in [1.54, 1.807) is 6.92 Å². The quantitative estimate of drug-likeness (QED) is 0.488. The summed E-state index contributed by atoms with van der Waals surface area (Å²) in [5.74, 6) is 0.700. The highest BCUT2D eigenvalue weighted by atomic mass is 16.5. The number of carbonyl (C=O) groups excluding carboxylic acids is 1. The van der Waals surface area contributed by atoms with Crippen molar-refractivity contribution in [2.75, 3.05) is 5.32 Å². The van der Waals surface area contributed by atoms with Crippen LogP contribution in [0.5, 0.6) is 0 Å². The van der Waals surface area contributed by atoms with Gasteiger partial charge in [-0.1, -0.05) is 41.9 Å². The molecule has 0 spiro atoms. The van der Waals surface area contributed by atoms with E-state index in [0.717, 1.165) is 49.0 Å². The largest absolute Gasteiger partial charge is 0.339 e. The Hall–Kier alpha value is -3.74. The van der Waals surface area contributed by atoms with Gasteiger partial charge in [-0.15, -0.1) is 0 Å². The summed E-state index contributed by atoms with van der Waals surface area (Å²) in [5.41, 5.74) is 4.98. The monoisotopic (exact) mass is 413 g/mol. The molecule has 0 fully saturated rings. The van der Waals surface area contributed by atoms with Gasteiger partial charge in [-0.2, -0.15) is 10.1 Å². The van der Waals surface area contributed by atoms with Gasteiger partial charge >= 0.3 is 0 Å². The molecule has 0 unspecified atom stereocenters. The summed E-state index contributed by atoms with van der Waals surface area (Å²) < 4.78 is 7.05. The van der Waals surface area contributed by atoms with Crippen molar-refractivity contribution in [3.8, 4) is 17.1 Å². The van der Waals surface area contributed by atoms with Crippen LogP contribution in [0.2, 0.25) is 0 Å². The predicted molar refractivity (Wildman–Crippen MR) is 117 cm³/mol. The van der Waals surface area contributed by atoms with Crippen LogP contribution in [0.25, 0.3) is 17.1 Å². The average Bonchev–Trinajstić information content (AvgIpc) is 3.30. The Labute approximate surface area is 180 Å². The summed E-state index contributed by atoms with van der Waals surface area (Å²) in [6.45, 7) is 1.74. The van der Waals surface area contributed by atoms with Crippen LogP contribution in [-0.4, -0.2) is 25.8 Å². The van der Waals surface area contributed by atoms with Gasteiger partial charge in [-0.25, -0.2) is 4.68 Å². The Kier molecular flexibility index (Phi) is 5.08. The molecule has 7 heteroatoms. The number of amides is 1. The number of anilines is 1. The molecule has 0 bridgehead atoms. The number of hydrogen-bond acceptors (Lipinski definition) is 5. The third-order valence-corrected chi connectivity index (χ3v) is 5.59. The van der Waals surface area contributed by atoms with E-state index in [1.165, 1.54) is 0 Å². The molecule has 0 atom stereocenters. The zero-order chi connectivity index (χ0) is 21.2. The summed E-state index contributed by atoms with van der Waals surface area (Å²) in [4.78, 5) is 17.7. The maximum atomic E-state index is 13.4. The number of nitrogens with one attached hydrogen (secondary N) is 1. The van der Waals surface area contributed by atoms with Gasteiger partial charge in [0.15, 0.2) is 5.69 Å². The summed E-state index contributed by atoms with van der Waals surface area (Å²) >= 11 is 0. The normalized spacial score (nSPS) is 13.5. The molecule has 156 valence electrons. The molecule has 2 aromatic carbocycles. The standard InChI is InChI=1S/C24H23N5O2/c1-16-25-23(28-31-16)18-12-8-9-14-20(18)26-24(30)22-19-13-6-3-7-15-21(19)29(27-22)17-10-4-2-5-11-17/h2,4-5,8-12,14H,3,6-7,13,15H2,1H3,(H,26,30). The molecular weight excluding hydrogens is 390 g/mol. The van der Waals surface area contributed by atoms with E-state index < -0.39 is 0 Å². The maximum absolute atomic E-state index is 13.4. The van der Waals surface area contributed by atoms with Gasteiger partial charge in [-0.05, 0) is 49.9 Å². The fourth-order valence-corrected chi connectivity index (χ4v) is 4.12. The average molecular weight is 413 g/mol. The van der Waals surface area contributed by atoms with Crippen molar-refractivity contribution in [1.29, 1.82) is 0 Å². The van der Waals surface area contributed by atoms with Crippen molar-refractivity contribution in [1.82, 2.24) is 19.9 Å². The summed E-state index contributed by atoms with van der Waals surface area (Å²) in [5, 5.41) is 11.8. The van der Waals surface area contributed by atoms with Gasteiger partial charge in [0.25, 0.3) is 5.91 Å². The molecule has 2 heterocycles. The molecule has 1 N–H and O–H groups in total. The van der Waals surface area contributed by atoms with Gasteiger partial charge in [0, 0.05) is 23.7 Å². The number of benzene rings is 2. The molecule has 2 aromatic heterocycles. The number of rotatable bonds is 4. The number of para-hydroxylation sites is 2. The molecule has 0 radical (unpaired) electrons. The first-order chi connectivity index (χ1) is 15.2. The molecule has 1 amide bonds. The van der Waals surface area contributed by atoms with Gasteiger partial charge in [0.2, 0.25) is 11.7 Å². The van der Waals surface area contributed by atoms with Crippen molar-refractivity contribution in [3.63, 3.8) is 0 Å². The van der Waals surface area contributed by atoms with Crippen molar-refractivity contribution in [3.05, 3.63) is 77.4 Å². The topological polar surface area (TPSA) is 85.8 Å². The predicted octanol–water partition coefficient (Wildman–Crippen LogP) is 4.75. The first-order valence-corrected chi connectivity index (χ1v) is 10.6. The van der Waals surface area contributed by atoms with Crippen LogP contribution in [0, 0.1) is 6.92 Å². The number of fused-ring (bicyclic) bond motifs is 1. The van der Waals surface area contributed by atoms with E-state index in [-0.39, 0.29) is 5.91 Å². The van der Waals surface area contributed by atoms with E-state index in [0.29, 0.717) is 28.7 Å². The van der Waals surface area contributed by atoms with Crippen molar-refractivity contribution in [2.45, 2.75) is 39.0 Å². The third-order valence-electron chi connectivity index (χ3n) is 5.59. The second kappa shape index (κ2) is 8.18. The minimum atomic E-state index is -0.222. The molecule has 0 saturated heterocycles. The second-order valence-corrected chi connectivity index (χ2v) is 7.72. The van der Waals surface area contributed by atoms with E-state index in [4.69, 9.17) is 9.62 Å². The lowest BCUT2D eigenvalue weighted by molar-refractivity contribution is 0.102. The van der Waals surface area contributed by atoms with Crippen LogP contribution >= 0.6 is 0 Å². The molecule has 1 aliphatic carbocycles. The number of aromatic nitrogens is 4. The highest BCUT2D eigenvalue weighted by Gasteiger charge is 2.25. The van der Waals surface area contributed by atoms with Crippen molar-refractivity contribution in [2.24, 2.45) is 0 Å². The van der Waals surface area contributed by atoms with Crippen molar-refractivity contribution < 1.29 is 9.32 Å². The fraction of sp³-hybridized carbons (Fsp3) is 0.250. The molecule has 5 rings (SSSR count). The number of nitrogens with zero attached hydrogens (tertiary/aromatic N) is 4. The Morgan fingerprint density at radius 1 is 1.00 bits per heavy atom. The lowest BCUT2D eigenvalue weighted by Crippen LogP contribution is -2.15. The molecule has 0 aliphatic heterocycles. The van der Waals surface area contributed by atoms with Gasteiger partial charge in [0.05, 0.1) is 11.4 Å². The van der Waals surface area contributed by atoms with Crippen LogP contribution in [-0.2, 0) is 12.8 Å². The smallest absolute Gasteiger partial charge is 0.276 e. The van der Waals surface area contributed by atoms with E-state index in [2.05, 4.69) is 15.5 Å².